The molecule has 19 heavy (non-hydrogen) atoms. The van der Waals surface area contributed by atoms with Crippen molar-refractivity contribution in [1.82, 2.24) is 5.32 Å². The standard InChI is InChI=1S/C12H19NO6/c1-5-6(2)19-7(3)10(5)11(16)13-8(12(17)18)4-9(14)15/h5-8,10H,4H2,1-3H3,(H,13,16)(H,14,15)(H,17,18). The van der Waals surface area contributed by atoms with Gasteiger partial charge in [0.2, 0.25) is 5.91 Å². The van der Waals surface area contributed by atoms with Gasteiger partial charge in [-0.05, 0) is 19.8 Å². The van der Waals surface area contributed by atoms with Gasteiger partial charge < -0.3 is 20.3 Å². The Morgan fingerprint density at radius 2 is 1.74 bits per heavy atom. The van der Waals surface area contributed by atoms with Crippen LogP contribution in [0.2, 0.25) is 0 Å². The maximum atomic E-state index is 12.1. The molecule has 0 aromatic rings. The molecular weight excluding hydrogens is 254 g/mol. The van der Waals surface area contributed by atoms with Crippen molar-refractivity contribution in [1.29, 1.82) is 0 Å². The molecule has 1 saturated heterocycles. The third-order valence-corrected chi connectivity index (χ3v) is 3.54. The minimum Gasteiger partial charge on any atom is -0.481 e. The first-order valence-electron chi connectivity index (χ1n) is 6.14. The second kappa shape index (κ2) is 6.01. The van der Waals surface area contributed by atoms with Gasteiger partial charge in [0, 0.05) is 0 Å². The Kier molecular flexibility index (Phi) is 4.88. The second-order valence-corrected chi connectivity index (χ2v) is 4.93. The van der Waals surface area contributed by atoms with Crippen molar-refractivity contribution in [2.24, 2.45) is 11.8 Å². The summed E-state index contributed by atoms with van der Waals surface area (Å²) in [6, 6.07) is -1.42. The predicted octanol–water partition coefficient (Wildman–Crippen LogP) is 0.0900. The summed E-state index contributed by atoms with van der Waals surface area (Å²) in [6.07, 6.45) is -1.05. The lowest BCUT2D eigenvalue weighted by Gasteiger charge is -2.20. The van der Waals surface area contributed by atoms with E-state index in [1.165, 1.54) is 0 Å². The number of carbonyl (C=O) groups excluding carboxylic acids is 1. The first-order valence-corrected chi connectivity index (χ1v) is 6.14. The van der Waals surface area contributed by atoms with Crippen LogP contribution in [0.1, 0.15) is 27.2 Å². The first kappa shape index (κ1) is 15.4. The monoisotopic (exact) mass is 273 g/mol. The van der Waals surface area contributed by atoms with E-state index in [4.69, 9.17) is 14.9 Å². The van der Waals surface area contributed by atoms with Gasteiger partial charge in [-0.25, -0.2) is 4.79 Å². The van der Waals surface area contributed by atoms with E-state index in [9.17, 15) is 14.4 Å². The molecule has 7 nitrogen and oxygen atoms in total. The van der Waals surface area contributed by atoms with Crippen molar-refractivity contribution in [2.45, 2.75) is 45.4 Å². The van der Waals surface area contributed by atoms with Crippen LogP contribution in [-0.2, 0) is 19.1 Å². The number of carboxylic acids is 2. The van der Waals surface area contributed by atoms with Gasteiger partial charge >= 0.3 is 11.9 Å². The summed E-state index contributed by atoms with van der Waals surface area (Å²) in [6.45, 7) is 5.45. The van der Waals surface area contributed by atoms with Crippen LogP contribution < -0.4 is 5.32 Å². The average molecular weight is 273 g/mol. The van der Waals surface area contributed by atoms with Gasteiger partial charge in [-0.15, -0.1) is 0 Å². The summed E-state index contributed by atoms with van der Waals surface area (Å²) >= 11 is 0. The van der Waals surface area contributed by atoms with E-state index in [0.717, 1.165) is 0 Å². The number of carbonyl (C=O) groups is 3. The van der Waals surface area contributed by atoms with Gasteiger partial charge in [-0.1, -0.05) is 6.92 Å². The molecule has 0 aromatic carbocycles. The molecule has 1 rings (SSSR count). The van der Waals surface area contributed by atoms with Crippen LogP contribution in [0.4, 0.5) is 0 Å². The molecule has 0 saturated carbocycles. The quantitative estimate of drug-likeness (QED) is 0.654. The summed E-state index contributed by atoms with van der Waals surface area (Å²) < 4.78 is 5.51. The molecule has 0 bridgehead atoms. The van der Waals surface area contributed by atoms with Gasteiger partial charge in [-0.2, -0.15) is 0 Å². The minimum atomic E-state index is -1.42. The summed E-state index contributed by atoms with van der Waals surface area (Å²) in [5.74, 6) is -3.62. The summed E-state index contributed by atoms with van der Waals surface area (Å²) in [7, 11) is 0. The zero-order valence-electron chi connectivity index (χ0n) is 11.1. The van der Waals surface area contributed by atoms with Crippen LogP contribution in [-0.4, -0.2) is 46.3 Å². The molecule has 0 aromatic heterocycles. The molecule has 1 aliphatic rings. The zero-order valence-corrected chi connectivity index (χ0v) is 11.1. The Morgan fingerprint density at radius 3 is 2.11 bits per heavy atom. The van der Waals surface area contributed by atoms with Crippen LogP contribution in [0.5, 0.6) is 0 Å². The Bertz CT molecular complexity index is 382. The number of carboxylic acid groups (broad SMARTS) is 2. The van der Waals surface area contributed by atoms with Crippen molar-refractivity contribution in [3.05, 3.63) is 0 Å². The SMILES string of the molecule is CC1OC(C)C(C(=O)NC(CC(=O)O)C(=O)O)C1C. The molecule has 1 aliphatic heterocycles. The van der Waals surface area contributed by atoms with E-state index in [-0.39, 0.29) is 18.1 Å². The van der Waals surface area contributed by atoms with Gasteiger partial charge in [0.1, 0.15) is 6.04 Å². The molecule has 7 heteroatoms. The fourth-order valence-electron chi connectivity index (χ4n) is 2.36. The van der Waals surface area contributed by atoms with E-state index in [0.29, 0.717) is 0 Å². The van der Waals surface area contributed by atoms with E-state index in [1.807, 2.05) is 13.8 Å². The molecule has 108 valence electrons. The van der Waals surface area contributed by atoms with Gasteiger partial charge in [0.15, 0.2) is 0 Å². The number of aliphatic carboxylic acids is 2. The Hall–Kier alpha value is -1.63. The highest BCUT2D eigenvalue weighted by atomic mass is 16.5. The van der Waals surface area contributed by atoms with Crippen LogP contribution in [0, 0.1) is 11.8 Å². The highest BCUT2D eigenvalue weighted by Gasteiger charge is 2.42. The number of amides is 1. The molecule has 0 aliphatic carbocycles. The number of nitrogens with one attached hydrogen (secondary N) is 1. The number of ether oxygens (including phenoxy) is 1. The van der Waals surface area contributed by atoms with Crippen molar-refractivity contribution < 1.29 is 29.3 Å². The maximum absolute atomic E-state index is 12.1. The highest BCUT2D eigenvalue weighted by Crippen LogP contribution is 2.32. The molecule has 0 radical (unpaired) electrons. The van der Waals surface area contributed by atoms with Crippen LogP contribution >= 0.6 is 0 Å². The average Bonchev–Trinajstić information content (AvgIpc) is 2.51. The van der Waals surface area contributed by atoms with E-state index < -0.39 is 36.2 Å². The summed E-state index contributed by atoms with van der Waals surface area (Å²) in [5, 5.41) is 19.8. The third-order valence-electron chi connectivity index (χ3n) is 3.54. The molecule has 1 heterocycles. The fourth-order valence-corrected chi connectivity index (χ4v) is 2.36. The normalized spacial score (nSPS) is 31.7. The van der Waals surface area contributed by atoms with Gasteiger partial charge in [-0.3, -0.25) is 9.59 Å². The Labute approximate surface area is 110 Å². The molecule has 1 amide bonds. The van der Waals surface area contributed by atoms with E-state index >= 15 is 0 Å². The predicted molar refractivity (Wildman–Crippen MR) is 64.5 cm³/mol. The van der Waals surface area contributed by atoms with Crippen molar-refractivity contribution in [3.8, 4) is 0 Å². The fraction of sp³-hybridized carbons (Fsp3) is 0.750. The highest BCUT2D eigenvalue weighted by molar-refractivity contribution is 5.88. The van der Waals surface area contributed by atoms with Crippen LogP contribution in [0.3, 0.4) is 0 Å². The number of hydrogen-bond acceptors (Lipinski definition) is 4. The largest absolute Gasteiger partial charge is 0.481 e. The Balaban J connectivity index is 2.72. The smallest absolute Gasteiger partial charge is 0.326 e. The molecule has 3 N–H and O–H groups in total. The number of hydrogen-bond donors (Lipinski definition) is 3. The van der Waals surface area contributed by atoms with Crippen molar-refractivity contribution >= 4 is 17.8 Å². The van der Waals surface area contributed by atoms with Crippen molar-refractivity contribution in [2.75, 3.05) is 0 Å². The topological polar surface area (TPSA) is 113 Å². The zero-order chi connectivity index (χ0) is 14.7. The molecular formula is C12H19NO6. The lowest BCUT2D eigenvalue weighted by molar-refractivity contribution is -0.147. The summed E-state index contributed by atoms with van der Waals surface area (Å²) in [5.41, 5.74) is 0. The van der Waals surface area contributed by atoms with Gasteiger partial charge in [0.25, 0.3) is 0 Å². The molecule has 5 atom stereocenters. The molecule has 0 spiro atoms. The minimum absolute atomic E-state index is 0.0470. The molecule has 1 fully saturated rings. The van der Waals surface area contributed by atoms with Gasteiger partial charge in [0.05, 0.1) is 24.5 Å². The maximum Gasteiger partial charge on any atom is 0.326 e. The first-order chi connectivity index (χ1) is 8.73. The Morgan fingerprint density at radius 1 is 1.16 bits per heavy atom. The lowest BCUT2D eigenvalue weighted by Crippen LogP contribution is -2.47. The second-order valence-electron chi connectivity index (χ2n) is 4.93. The van der Waals surface area contributed by atoms with E-state index in [2.05, 4.69) is 5.32 Å². The number of rotatable bonds is 5. The van der Waals surface area contributed by atoms with Crippen LogP contribution in [0.25, 0.3) is 0 Å². The van der Waals surface area contributed by atoms with Crippen LogP contribution in [0.15, 0.2) is 0 Å². The van der Waals surface area contributed by atoms with E-state index in [1.54, 1.807) is 6.92 Å². The third kappa shape index (κ3) is 3.66. The van der Waals surface area contributed by atoms with Crippen molar-refractivity contribution in [3.63, 3.8) is 0 Å². The summed E-state index contributed by atoms with van der Waals surface area (Å²) in [4.78, 5) is 33.5. The lowest BCUT2D eigenvalue weighted by atomic mass is 9.88. The molecule has 5 unspecified atom stereocenters.